The van der Waals surface area contributed by atoms with E-state index in [-0.39, 0.29) is 17.3 Å². The van der Waals surface area contributed by atoms with Crippen molar-refractivity contribution in [2.45, 2.75) is 65.2 Å². The van der Waals surface area contributed by atoms with Gasteiger partial charge in [-0.15, -0.1) is 10.2 Å². The van der Waals surface area contributed by atoms with Crippen molar-refractivity contribution >= 4 is 33.2 Å². The number of likely N-dealkylation sites (tertiary alicyclic amines) is 1. The van der Waals surface area contributed by atoms with Gasteiger partial charge in [0.15, 0.2) is 22.9 Å². The Morgan fingerprint density at radius 3 is 1.86 bits per heavy atom. The van der Waals surface area contributed by atoms with E-state index >= 15 is 4.39 Å². The van der Waals surface area contributed by atoms with Crippen molar-refractivity contribution in [3.8, 4) is 22.5 Å². The summed E-state index contributed by atoms with van der Waals surface area (Å²) in [5.41, 5.74) is 10.4. The fraction of sp³-hybridized carbons (Fsp3) is 0.349. The first kappa shape index (κ1) is 36.8. The summed E-state index contributed by atoms with van der Waals surface area (Å²) in [5.74, 6) is 0.567. The van der Waals surface area contributed by atoms with E-state index in [1.54, 1.807) is 21.2 Å². The predicted octanol–water partition coefficient (Wildman–Crippen LogP) is 7.47. The summed E-state index contributed by atoms with van der Waals surface area (Å²) in [6.07, 6.45) is 7.78. The molecule has 8 aromatic rings. The van der Waals surface area contributed by atoms with Crippen LogP contribution >= 0.6 is 0 Å². The molecule has 12 nitrogen and oxygen atoms in total. The normalized spacial score (nSPS) is 15.8. The Labute approximate surface area is 328 Å². The van der Waals surface area contributed by atoms with Crippen LogP contribution in [0.3, 0.4) is 0 Å². The van der Waals surface area contributed by atoms with E-state index in [1.807, 2.05) is 64.4 Å². The first-order valence-electron chi connectivity index (χ1n) is 19.6. The molecular formula is C43H44F2N12. The van der Waals surface area contributed by atoms with Crippen LogP contribution in [-0.2, 0) is 0 Å². The van der Waals surface area contributed by atoms with Gasteiger partial charge in [-0.25, -0.2) is 37.7 Å². The lowest BCUT2D eigenvalue weighted by atomic mass is 9.93. The van der Waals surface area contributed by atoms with Crippen molar-refractivity contribution in [1.82, 2.24) is 59.6 Å². The van der Waals surface area contributed by atoms with Crippen molar-refractivity contribution in [2.24, 2.45) is 0 Å². The highest BCUT2D eigenvalue weighted by Gasteiger charge is 2.22. The fourth-order valence-corrected chi connectivity index (χ4v) is 8.07. The Bertz CT molecular complexity index is 2800. The number of hydrogen-bond acceptors (Lipinski definition) is 10. The summed E-state index contributed by atoms with van der Waals surface area (Å²) in [4.78, 5) is 20.5. The van der Waals surface area contributed by atoms with E-state index in [4.69, 9.17) is 4.98 Å². The van der Waals surface area contributed by atoms with E-state index in [9.17, 15) is 4.39 Å². The van der Waals surface area contributed by atoms with E-state index in [1.165, 1.54) is 6.07 Å². The van der Waals surface area contributed by atoms with Gasteiger partial charge in [0.25, 0.3) is 0 Å². The zero-order chi connectivity index (χ0) is 39.4. The molecule has 290 valence electrons. The lowest BCUT2D eigenvalue weighted by molar-refractivity contribution is 0.253. The number of pyridine rings is 1. The minimum absolute atomic E-state index is 0.230. The van der Waals surface area contributed by atoms with Gasteiger partial charge >= 0.3 is 0 Å². The van der Waals surface area contributed by atoms with Crippen molar-refractivity contribution in [2.75, 3.05) is 33.2 Å². The van der Waals surface area contributed by atoms with Crippen LogP contribution in [0.15, 0.2) is 60.9 Å². The van der Waals surface area contributed by atoms with E-state index in [2.05, 4.69) is 58.7 Å². The standard InChI is InChI=1S/C23H24FN5.C20H20FN7/c1-14-10-21(27-29-13-15(2)25-23(14)29)18-11-17-4-5-20(26-22(17)19(24)12-18)16-6-8-28(3)9-7-16;1-11-7-16(27-28-10-12(2)23-20(11)28)14-8-15(21)18-17(9-14)25-26-19(24-18)13-3-5-22-6-4-13/h4-5,10-13,16H,6-9H2,1-3H3;7-10,13,22H,3-6H2,1-2H3. The molecular weight excluding hydrogens is 723 g/mol. The molecule has 10 rings (SSSR count). The molecule has 2 aliphatic heterocycles. The monoisotopic (exact) mass is 766 g/mol. The highest BCUT2D eigenvalue weighted by Crippen LogP contribution is 2.32. The largest absolute Gasteiger partial charge is 0.317 e. The lowest BCUT2D eigenvalue weighted by Gasteiger charge is -2.28. The van der Waals surface area contributed by atoms with Gasteiger partial charge in [0.2, 0.25) is 0 Å². The SMILES string of the molecule is Cc1cn2nc(-c3cc(F)c4nc(C5CCN(C)CC5)ccc4c3)cc(C)c2n1.Cc1cn2nc(-c3cc(F)c4nc(C5CCNCC5)nnc4c3)cc(C)c2n1. The molecule has 2 saturated heterocycles. The lowest BCUT2D eigenvalue weighted by Crippen LogP contribution is -2.29. The van der Waals surface area contributed by atoms with Gasteiger partial charge in [0.05, 0.1) is 35.2 Å². The summed E-state index contributed by atoms with van der Waals surface area (Å²) < 4.78 is 33.4. The molecule has 0 spiro atoms. The smallest absolute Gasteiger partial charge is 0.156 e. The molecule has 1 N–H and O–H groups in total. The number of rotatable bonds is 4. The van der Waals surface area contributed by atoms with Gasteiger partial charge < -0.3 is 10.2 Å². The summed E-state index contributed by atoms with van der Waals surface area (Å²) in [6.45, 7) is 11.8. The van der Waals surface area contributed by atoms with E-state index in [0.29, 0.717) is 34.0 Å². The molecule has 0 aliphatic carbocycles. The van der Waals surface area contributed by atoms with Gasteiger partial charge in [0.1, 0.15) is 22.4 Å². The molecule has 6 aromatic heterocycles. The van der Waals surface area contributed by atoms with Crippen LogP contribution < -0.4 is 5.32 Å². The number of aryl methyl sites for hydroxylation is 4. The quantitative estimate of drug-likeness (QED) is 0.193. The Balaban J connectivity index is 0.000000148. The molecule has 0 unspecified atom stereocenters. The summed E-state index contributed by atoms with van der Waals surface area (Å²) in [5, 5.41) is 21.9. The van der Waals surface area contributed by atoms with Crippen LogP contribution in [0.1, 0.15) is 71.6 Å². The highest BCUT2D eigenvalue weighted by molar-refractivity contribution is 5.85. The zero-order valence-corrected chi connectivity index (χ0v) is 32.8. The molecule has 0 radical (unpaired) electrons. The topological polar surface area (TPSA) is 127 Å². The Morgan fingerprint density at radius 2 is 1.23 bits per heavy atom. The number of imidazole rings is 2. The van der Waals surface area contributed by atoms with Gasteiger partial charge in [0, 0.05) is 34.0 Å². The number of nitrogens with zero attached hydrogens (tertiary/aromatic N) is 11. The average molecular weight is 767 g/mol. The van der Waals surface area contributed by atoms with Crippen molar-refractivity contribution in [3.63, 3.8) is 0 Å². The van der Waals surface area contributed by atoms with Gasteiger partial charge in [-0.1, -0.05) is 6.07 Å². The first-order valence-corrected chi connectivity index (χ1v) is 19.6. The molecule has 0 atom stereocenters. The second-order valence-corrected chi connectivity index (χ2v) is 15.6. The summed E-state index contributed by atoms with van der Waals surface area (Å²) in [6, 6.07) is 14.7. The number of fused-ring (bicyclic) bond motifs is 4. The third kappa shape index (κ3) is 7.30. The number of nitrogens with one attached hydrogen (secondary N) is 1. The van der Waals surface area contributed by atoms with Crippen molar-refractivity contribution in [3.05, 3.63) is 107 Å². The third-order valence-corrected chi connectivity index (χ3v) is 11.2. The molecule has 8 heterocycles. The first-order chi connectivity index (χ1) is 27.6. The fourth-order valence-electron chi connectivity index (χ4n) is 8.07. The molecule has 2 aliphatic rings. The maximum atomic E-state index is 15.0. The van der Waals surface area contributed by atoms with Gasteiger partial charge in [-0.05, 0) is 140 Å². The average Bonchev–Trinajstić information content (AvgIpc) is 3.80. The summed E-state index contributed by atoms with van der Waals surface area (Å²) in [7, 11) is 2.14. The number of halogens is 2. The second kappa shape index (κ2) is 14.9. The third-order valence-electron chi connectivity index (χ3n) is 11.2. The molecule has 0 bridgehead atoms. The second-order valence-electron chi connectivity index (χ2n) is 15.6. The number of aromatic nitrogens is 10. The van der Waals surface area contributed by atoms with Crippen LogP contribution in [0.5, 0.6) is 0 Å². The molecule has 2 fully saturated rings. The maximum absolute atomic E-state index is 15.0. The molecule has 0 saturated carbocycles. The van der Waals surface area contributed by atoms with Gasteiger partial charge in [-0.3, -0.25) is 0 Å². The molecule has 14 heteroatoms. The van der Waals surface area contributed by atoms with Crippen LogP contribution in [0.2, 0.25) is 0 Å². The minimum Gasteiger partial charge on any atom is -0.317 e. The highest BCUT2D eigenvalue weighted by atomic mass is 19.1. The Morgan fingerprint density at radius 1 is 0.632 bits per heavy atom. The zero-order valence-electron chi connectivity index (χ0n) is 32.8. The van der Waals surface area contributed by atoms with E-state index < -0.39 is 5.82 Å². The molecule has 2 aromatic carbocycles. The van der Waals surface area contributed by atoms with Crippen molar-refractivity contribution in [1.29, 1.82) is 0 Å². The number of piperidine rings is 2. The van der Waals surface area contributed by atoms with Crippen LogP contribution in [0, 0.1) is 39.3 Å². The van der Waals surface area contributed by atoms with Crippen LogP contribution in [0.25, 0.3) is 55.7 Å². The Hall–Kier alpha value is -5.86. The van der Waals surface area contributed by atoms with Crippen LogP contribution in [-0.4, -0.2) is 87.5 Å². The van der Waals surface area contributed by atoms with Crippen molar-refractivity contribution < 1.29 is 8.78 Å². The number of hydrogen-bond donors (Lipinski definition) is 1. The summed E-state index contributed by atoms with van der Waals surface area (Å²) >= 11 is 0. The maximum Gasteiger partial charge on any atom is 0.156 e. The predicted molar refractivity (Wildman–Crippen MR) is 216 cm³/mol. The van der Waals surface area contributed by atoms with Crippen LogP contribution in [0.4, 0.5) is 8.78 Å². The molecule has 0 amide bonds. The van der Waals surface area contributed by atoms with E-state index in [0.717, 1.165) is 108 Å². The Kier molecular flexibility index (Phi) is 9.61. The number of benzene rings is 2. The molecule has 57 heavy (non-hydrogen) atoms. The van der Waals surface area contributed by atoms with Gasteiger partial charge in [-0.2, -0.15) is 10.2 Å². The minimum atomic E-state index is -0.404.